The van der Waals surface area contributed by atoms with Crippen molar-refractivity contribution < 1.29 is 9.47 Å². The van der Waals surface area contributed by atoms with Gasteiger partial charge in [-0.3, -0.25) is 0 Å². The van der Waals surface area contributed by atoms with Gasteiger partial charge in [-0.05, 0) is 32.0 Å². The Morgan fingerprint density at radius 1 is 0.800 bits per heavy atom. The van der Waals surface area contributed by atoms with Crippen LogP contribution in [0.4, 0.5) is 0 Å². The standard InChI is InChI=1S/C21H20ClNO2/c1-3-24-16-9-7-8-15(12-16)20-13-17(25-4-2)14-21(23-20)18-10-5-6-11-19(18)22/h5-14H,3-4H2,1-2H3. The molecule has 0 amide bonds. The lowest BCUT2D eigenvalue weighted by molar-refractivity contribution is 0.339. The molecule has 0 N–H and O–H groups in total. The van der Waals surface area contributed by atoms with Crippen molar-refractivity contribution in [1.82, 2.24) is 4.98 Å². The summed E-state index contributed by atoms with van der Waals surface area (Å²) in [5.74, 6) is 1.59. The Labute approximate surface area is 153 Å². The first-order valence-electron chi connectivity index (χ1n) is 8.34. The summed E-state index contributed by atoms with van der Waals surface area (Å²) in [6.07, 6.45) is 0. The van der Waals surface area contributed by atoms with Crippen LogP contribution in [0.5, 0.6) is 11.5 Å². The Hall–Kier alpha value is -2.52. The second-order valence-corrected chi connectivity index (χ2v) is 5.85. The first-order chi connectivity index (χ1) is 12.2. The Morgan fingerprint density at radius 3 is 2.28 bits per heavy atom. The smallest absolute Gasteiger partial charge is 0.123 e. The minimum absolute atomic E-state index is 0.588. The van der Waals surface area contributed by atoms with Gasteiger partial charge in [0, 0.05) is 28.3 Å². The quantitative estimate of drug-likeness (QED) is 0.555. The van der Waals surface area contributed by atoms with Gasteiger partial charge in [-0.2, -0.15) is 0 Å². The van der Waals surface area contributed by atoms with E-state index in [1.807, 2.05) is 74.5 Å². The van der Waals surface area contributed by atoms with Crippen molar-refractivity contribution in [2.45, 2.75) is 13.8 Å². The largest absolute Gasteiger partial charge is 0.494 e. The third-order valence-corrected chi connectivity index (χ3v) is 4.03. The minimum atomic E-state index is 0.588. The molecule has 3 rings (SSSR count). The molecule has 2 aromatic carbocycles. The van der Waals surface area contributed by atoms with Crippen LogP contribution in [-0.2, 0) is 0 Å². The molecule has 0 fully saturated rings. The summed E-state index contributed by atoms with van der Waals surface area (Å²) in [6.45, 7) is 5.15. The summed E-state index contributed by atoms with van der Waals surface area (Å²) in [4.78, 5) is 4.80. The van der Waals surface area contributed by atoms with Crippen molar-refractivity contribution in [1.29, 1.82) is 0 Å². The van der Waals surface area contributed by atoms with E-state index in [9.17, 15) is 0 Å². The van der Waals surface area contributed by atoms with Crippen LogP contribution in [0.1, 0.15) is 13.8 Å². The Kier molecular flexibility index (Phi) is 5.56. The molecule has 0 bridgehead atoms. The van der Waals surface area contributed by atoms with Gasteiger partial charge in [0.2, 0.25) is 0 Å². The molecule has 0 aliphatic carbocycles. The molecule has 0 saturated carbocycles. The third-order valence-electron chi connectivity index (χ3n) is 3.70. The van der Waals surface area contributed by atoms with Crippen molar-refractivity contribution in [3.8, 4) is 34.0 Å². The molecular weight excluding hydrogens is 334 g/mol. The van der Waals surface area contributed by atoms with Crippen LogP contribution in [0.2, 0.25) is 5.02 Å². The number of benzene rings is 2. The van der Waals surface area contributed by atoms with Gasteiger partial charge < -0.3 is 9.47 Å². The molecule has 0 aliphatic heterocycles. The van der Waals surface area contributed by atoms with E-state index < -0.39 is 0 Å². The molecule has 1 heterocycles. The molecule has 0 radical (unpaired) electrons. The molecule has 128 valence electrons. The number of hydrogen-bond donors (Lipinski definition) is 0. The number of rotatable bonds is 6. The molecule has 3 nitrogen and oxygen atoms in total. The van der Waals surface area contributed by atoms with E-state index in [4.69, 9.17) is 26.1 Å². The Bertz CT molecular complexity index is 864. The van der Waals surface area contributed by atoms with Crippen molar-refractivity contribution in [2.24, 2.45) is 0 Å². The fraction of sp³-hybridized carbons (Fsp3) is 0.190. The van der Waals surface area contributed by atoms with Gasteiger partial charge in [0.05, 0.1) is 24.6 Å². The fourth-order valence-electron chi connectivity index (χ4n) is 2.62. The first kappa shape index (κ1) is 17.3. The number of pyridine rings is 1. The third kappa shape index (κ3) is 4.12. The summed E-state index contributed by atoms with van der Waals surface area (Å²) >= 11 is 6.35. The Balaban J connectivity index is 2.10. The average Bonchev–Trinajstić information content (AvgIpc) is 2.63. The van der Waals surface area contributed by atoms with Gasteiger partial charge in [-0.1, -0.05) is 41.9 Å². The normalized spacial score (nSPS) is 10.5. The molecular formula is C21H20ClNO2. The average molecular weight is 354 g/mol. The topological polar surface area (TPSA) is 31.4 Å². The summed E-state index contributed by atoms with van der Waals surface area (Å²) < 4.78 is 11.3. The zero-order chi connectivity index (χ0) is 17.6. The molecule has 0 unspecified atom stereocenters. The van der Waals surface area contributed by atoms with Gasteiger partial charge in [0.1, 0.15) is 11.5 Å². The van der Waals surface area contributed by atoms with E-state index in [2.05, 4.69) is 0 Å². The predicted octanol–water partition coefficient (Wildman–Crippen LogP) is 5.87. The monoisotopic (exact) mass is 353 g/mol. The number of ether oxygens (including phenoxy) is 2. The SMILES string of the molecule is CCOc1cccc(-c2cc(OCC)cc(-c3ccccc3Cl)n2)c1. The van der Waals surface area contributed by atoms with Crippen LogP contribution in [-0.4, -0.2) is 18.2 Å². The molecule has 3 aromatic rings. The maximum atomic E-state index is 6.35. The zero-order valence-electron chi connectivity index (χ0n) is 14.3. The van der Waals surface area contributed by atoms with Crippen LogP contribution >= 0.6 is 11.6 Å². The highest BCUT2D eigenvalue weighted by molar-refractivity contribution is 6.33. The molecule has 0 atom stereocenters. The van der Waals surface area contributed by atoms with E-state index >= 15 is 0 Å². The van der Waals surface area contributed by atoms with Crippen LogP contribution in [0.15, 0.2) is 60.7 Å². The van der Waals surface area contributed by atoms with Crippen LogP contribution in [0, 0.1) is 0 Å². The van der Waals surface area contributed by atoms with E-state index in [1.165, 1.54) is 0 Å². The van der Waals surface area contributed by atoms with E-state index in [0.29, 0.717) is 18.2 Å². The summed E-state index contributed by atoms with van der Waals surface area (Å²) in [6, 6.07) is 19.4. The maximum Gasteiger partial charge on any atom is 0.123 e. The molecule has 0 spiro atoms. The maximum absolute atomic E-state index is 6.35. The van der Waals surface area contributed by atoms with E-state index in [0.717, 1.165) is 34.0 Å². The molecule has 0 saturated heterocycles. The molecule has 0 aliphatic rings. The highest BCUT2D eigenvalue weighted by Crippen LogP contribution is 2.32. The highest BCUT2D eigenvalue weighted by Gasteiger charge is 2.11. The summed E-state index contributed by atoms with van der Waals surface area (Å²) in [5.41, 5.74) is 3.46. The van der Waals surface area contributed by atoms with Gasteiger partial charge in [-0.15, -0.1) is 0 Å². The predicted molar refractivity (Wildman–Crippen MR) is 102 cm³/mol. The lowest BCUT2D eigenvalue weighted by atomic mass is 10.1. The van der Waals surface area contributed by atoms with Gasteiger partial charge in [0.25, 0.3) is 0 Å². The number of nitrogens with zero attached hydrogens (tertiary/aromatic N) is 1. The van der Waals surface area contributed by atoms with Crippen LogP contribution in [0.25, 0.3) is 22.5 Å². The molecule has 25 heavy (non-hydrogen) atoms. The van der Waals surface area contributed by atoms with Crippen molar-refractivity contribution in [3.05, 3.63) is 65.7 Å². The summed E-state index contributed by atoms with van der Waals surface area (Å²) in [5, 5.41) is 0.665. The first-order valence-corrected chi connectivity index (χ1v) is 8.72. The number of aromatic nitrogens is 1. The number of hydrogen-bond acceptors (Lipinski definition) is 3. The van der Waals surface area contributed by atoms with Crippen LogP contribution < -0.4 is 9.47 Å². The molecule has 1 aromatic heterocycles. The Morgan fingerprint density at radius 2 is 1.52 bits per heavy atom. The second kappa shape index (κ2) is 8.04. The lowest BCUT2D eigenvalue weighted by Gasteiger charge is -2.12. The van der Waals surface area contributed by atoms with Crippen molar-refractivity contribution in [2.75, 3.05) is 13.2 Å². The fourth-order valence-corrected chi connectivity index (χ4v) is 2.85. The lowest BCUT2D eigenvalue weighted by Crippen LogP contribution is -1.96. The highest BCUT2D eigenvalue weighted by atomic mass is 35.5. The van der Waals surface area contributed by atoms with E-state index in [1.54, 1.807) is 0 Å². The minimum Gasteiger partial charge on any atom is -0.494 e. The van der Waals surface area contributed by atoms with Gasteiger partial charge in [-0.25, -0.2) is 4.98 Å². The van der Waals surface area contributed by atoms with E-state index in [-0.39, 0.29) is 0 Å². The van der Waals surface area contributed by atoms with Crippen LogP contribution in [0.3, 0.4) is 0 Å². The van der Waals surface area contributed by atoms with Gasteiger partial charge >= 0.3 is 0 Å². The number of halogens is 1. The van der Waals surface area contributed by atoms with Crippen molar-refractivity contribution >= 4 is 11.6 Å². The summed E-state index contributed by atoms with van der Waals surface area (Å²) in [7, 11) is 0. The zero-order valence-corrected chi connectivity index (χ0v) is 15.1. The molecule has 4 heteroatoms. The van der Waals surface area contributed by atoms with Gasteiger partial charge in [0.15, 0.2) is 0 Å². The second-order valence-electron chi connectivity index (χ2n) is 5.45. The van der Waals surface area contributed by atoms with Crippen molar-refractivity contribution in [3.63, 3.8) is 0 Å².